The van der Waals surface area contributed by atoms with Crippen LogP contribution in [0.5, 0.6) is 0 Å². The molecule has 1 fully saturated rings. The summed E-state index contributed by atoms with van der Waals surface area (Å²) in [5.74, 6) is -0.124. The number of rotatable bonds is 5. The highest BCUT2D eigenvalue weighted by atomic mass is 32.2. The summed E-state index contributed by atoms with van der Waals surface area (Å²) in [7, 11) is -2.17. The van der Waals surface area contributed by atoms with Gasteiger partial charge in [-0.2, -0.15) is 0 Å². The maximum absolute atomic E-state index is 12.4. The van der Waals surface area contributed by atoms with Crippen LogP contribution in [0.25, 0.3) is 0 Å². The van der Waals surface area contributed by atoms with E-state index in [0.717, 1.165) is 25.7 Å². The molecule has 1 aromatic rings. The van der Waals surface area contributed by atoms with Crippen LogP contribution in [0.15, 0.2) is 29.2 Å². The predicted octanol–water partition coefficient (Wildman–Crippen LogP) is 1.05. The lowest BCUT2D eigenvalue weighted by Gasteiger charge is -2.25. The topological polar surface area (TPSA) is 101 Å². The van der Waals surface area contributed by atoms with Crippen LogP contribution in [-0.4, -0.2) is 27.9 Å². The molecule has 0 aliphatic heterocycles. The first-order chi connectivity index (χ1) is 9.93. The highest BCUT2D eigenvalue weighted by Crippen LogP contribution is 2.38. The van der Waals surface area contributed by atoms with Crippen molar-refractivity contribution in [3.8, 4) is 0 Å². The average molecular weight is 311 g/mol. The molecule has 7 heteroatoms. The van der Waals surface area contributed by atoms with E-state index in [1.807, 2.05) is 0 Å². The molecule has 0 radical (unpaired) electrons. The summed E-state index contributed by atoms with van der Waals surface area (Å²) in [4.78, 5) is 12.6. The summed E-state index contributed by atoms with van der Waals surface area (Å²) in [5.41, 5.74) is 5.73. The Morgan fingerprint density at radius 3 is 2.57 bits per heavy atom. The number of amides is 1. The third-order valence-corrected chi connectivity index (χ3v) is 5.52. The number of nitrogens with one attached hydrogen (secondary N) is 2. The molecule has 21 heavy (non-hydrogen) atoms. The lowest BCUT2D eigenvalue weighted by atomic mass is 9.85. The van der Waals surface area contributed by atoms with Crippen LogP contribution < -0.4 is 15.8 Å². The fourth-order valence-electron chi connectivity index (χ4n) is 2.70. The minimum Gasteiger partial charge on any atom is -0.329 e. The van der Waals surface area contributed by atoms with Gasteiger partial charge in [-0.1, -0.05) is 18.9 Å². The van der Waals surface area contributed by atoms with Gasteiger partial charge in [-0.15, -0.1) is 0 Å². The maximum Gasteiger partial charge on any atom is 0.240 e. The van der Waals surface area contributed by atoms with Crippen LogP contribution in [0.1, 0.15) is 25.7 Å². The smallest absolute Gasteiger partial charge is 0.240 e. The summed E-state index contributed by atoms with van der Waals surface area (Å²) < 4.78 is 25.8. The van der Waals surface area contributed by atoms with E-state index in [1.165, 1.54) is 19.2 Å². The Bertz CT molecular complexity index is 622. The van der Waals surface area contributed by atoms with Gasteiger partial charge >= 0.3 is 0 Å². The molecule has 1 aromatic carbocycles. The molecule has 0 atom stereocenters. The van der Waals surface area contributed by atoms with E-state index < -0.39 is 15.4 Å². The number of sulfonamides is 1. The standard InChI is InChI=1S/C14H21N3O3S/c1-16-21(19,20)12-6-4-5-11(9-12)17-13(18)14(10-15)7-2-3-8-14/h4-6,9,16H,2-3,7-8,10,15H2,1H3,(H,17,18). The molecule has 0 saturated heterocycles. The van der Waals surface area contributed by atoms with Crippen molar-refractivity contribution in [3.05, 3.63) is 24.3 Å². The summed E-state index contributed by atoms with van der Waals surface area (Å²) in [6, 6.07) is 6.20. The zero-order chi connectivity index (χ0) is 15.5. The molecule has 1 aliphatic carbocycles. The van der Waals surface area contributed by atoms with Crippen molar-refractivity contribution >= 4 is 21.6 Å². The van der Waals surface area contributed by atoms with Crippen molar-refractivity contribution in [2.45, 2.75) is 30.6 Å². The number of carbonyl (C=O) groups is 1. The van der Waals surface area contributed by atoms with Gasteiger partial charge in [0.25, 0.3) is 0 Å². The molecule has 0 unspecified atom stereocenters. The van der Waals surface area contributed by atoms with E-state index in [4.69, 9.17) is 5.73 Å². The van der Waals surface area contributed by atoms with Gasteiger partial charge in [0, 0.05) is 12.2 Å². The lowest BCUT2D eigenvalue weighted by molar-refractivity contribution is -0.124. The highest BCUT2D eigenvalue weighted by molar-refractivity contribution is 7.89. The van der Waals surface area contributed by atoms with Gasteiger partial charge in [0.15, 0.2) is 0 Å². The molecule has 0 bridgehead atoms. The summed E-state index contributed by atoms with van der Waals surface area (Å²) >= 11 is 0. The Hall–Kier alpha value is -1.44. The zero-order valence-electron chi connectivity index (χ0n) is 12.1. The SMILES string of the molecule is CNS(=O)(=O)c1cccc(NC(=O)C2(CN)CCCC2)c1. The van der Waals surface area contributed by atoms with Crippen molar-refractivity contribution < 1.29 is 13.2 Å². The van der Waals surface area contributed by atoms with Crippen molar-refractivity contribution in [2.24, 2.45) is 11.1 Å². The van der Waals surface area contributed by atoms with Gasteiger partial charge in [0.2, 0.25) is 15.9 Å². The molecule has 1 amide bonds. The summed E-state index contributed by atoms with van der Waals surface area (Å²) in [6.07, 6.45) is 3.56. The Morgan fingerprint density at radius 2 is 2.00 bits per heavy atom. The zero-order valence-corrected chi connectivity index (χ0v) is 12.9. The molecule has 6 nitrogen and oxygen atoms in total. The predicted molar refractivity (Wildman–Crippen MR) is 81.3 cm³/mol. The molecular weight excluding hydrogens is 290 g/mol. The monoisotopic (exact) mass is 311 g/mol. The van der Waals surface area contributed by atoms with Crippen LogP contribution in [0, 0.1) is 5.41 Å². The Morgan fingerprint density at radius 1 is 1.33 bits per heavy atom. The first-order valence-corrected chi connectivity index (χ1v) is 8.47. The Kier molecular flexibility index (Phi) is 4.65. The van der Waals surface area contributed by atoms with Gasteiger partial charge < -0.3 is 11.1 Å². The lowest BCUT2D eigenvalue weighted by Crippen LogP contribution is -2.40. The second kappa shape index (κ2) is 6.13. The van der Waals surface area contributed by atoms with Crippen LogP contribution in [-0.2, 0) is 14.8 Å². The average Bonchev–Trinajstić information content (AvgIpc) is 2.97. The minimum absolute atomic E-state index is 0.121. The molecule has 2 rings (SSSR count). The molecule has 116 valence electrons. The van der Waals surface area contributed by atoms with E-state index in [0.29, 0.717) is 12.2 Å². The van der Waals surface area contributed by atoms with Crippen molar-refractivity contribution in [2.75, 3.05) is 18.9 Å². The number of hydrogen-bond donors (Lipinski definition) is 3. The van der Waals surface area contributed by atoms with E-state index in [1.54, 1.807) is 12.1 Å². The Balaban J connectivity index is 2.20. The first-order valence-electron chi connectivity index (χ1n) is 6.99. The molecule has 1 aliphatic rings. The van der Waals surface area contributed by atoms with E-state index in [-0.39, 0.29) is 10.8 Å². The molecule has 1 saturated carbocycles. The van der Waals surface area contributed by atoms with E-state index >= 15 is 0 Å². The molecule has 0 spiro atoms. The normalized spacial score (nSPS) is 17.6. The van der Waals surface area contributed by atoms with Crippen LogP contribution in [0.3, 0.4) is 0 Å². The van der Waals surface area contributed by atoms with Gasteiger partial charge in [0.1, 0.15) is 0 Å². The Labute approximate surface area is 125 Å². The van der Waals surface area contributed by atoms with Gasteiger partial charge in [-0.25, -0.2) is 13.1 Å². The third kappa shape index (κ3) is 3.25. The molecule has 0 heterocycles. The number of nitrogens with two attached hydrogens (primary N) is 1. The third-order valence-electron chi connectivity index (χ3n) is 4.10. The largest absolute Gasteiger partial charge is 0.329 e. The van der Waals surface area contributed by atoms with Gasteiger partial charge in [0.05, 0.1) is 10.3 Å². The highest BCUT2D eigenvalue weighted by Gasteiger charge is 2.39. The fraction of sp³-hybridized carbons (Fsp3) is 0.500. The number of anilines is 1. The maximum atomic E-state index is 12.4. The van der Waals surface area contributed by atoms with Crippen LogP contribution in [0.2, 0.25) is 0 Å². The minimum atomic E-state index is -3.52. The van der Waals surface area contributed by atoms with Crippen LogP contribution >= 0.6 is 0 Å². The second-order valence-electron chi connectivity index (χ2n) is 5.38. The molecule has 4 N–H and O–H groups in total. The van der Waals surface area contributed by atoms with E-state index in [2.05, 4.69) is 10.0 Å². The van der Waals surface area contributed by atoms with Gasteiger partial charge in [-0.05, 0) is 38.1 Å². The number of benzene rings is 1. The fourth-order valence-corrected chi connectivity index (χ4v) is 3.47. The summed E-state index contributed by atoms with van der Waals surface area (Å²) in [6.45, 7) is 0.313. The summed E-state index contributed by atoms with van der Waals surface area (Å²) in [5, 5.41) is 2.80. The number of hydrogen-bond acceptors (Lipinski definition) is 4. The van der Waals surface area contributed by atoms with Crippen molar-refractivity contribution in [1.29, 1.82) is 0 Å². The molecular formula is C14H21N3O3S. The van der Waals surface area contributed by atoms with Gasteiger partial charge in [-0.3, -0.25) is 4.79 Å². The van der Waals surface area contributed by atoms with Crippen LogP contribution in [0.4, 0.5) is 5.69 Å². The quantitative estimate of drug-likeness (QED) is 0.756. The van der Waals surface area contributed by atoms with Crippen molar-refractivity contribution in [3.63, 3.8) is 0 Å². The first kappa shape index (κ1) is 15.9. The number of carbonyl (C=O) groups excluding carboxylic acids is 1. The van der Waals surface area contributed by atoms with E-state index in [9.17, 15) is 13.2 Å². The second-order valence-corrected chi connectivity index (χ2v) is 7.27. The van der Waals surface area contributed by atoms with Crippen molar-refractivity contribution in [1.82, 2.24) is 4.72 Å². The molecule has 0 aromatic heterocycles.